The Bertz CT molecular complexity index is 892. The molecule has 1 fully saturated rings. The Morgan fingerprint density at radius 2 is 2.08 bits per heavy atom. The first kappa shape index (κ1) is 16.8. The lowest BCUT2D eigenvalue weighted by molar-refractivity contribution is 0.238. The van der Waals surface area contributed by atoms with Gasteiger partial charge < -0.3 is 10.5 Å². The Kier molecular flexibility index (Phi) is 4.87. The highest BCUT2D eigenvalue weighted by Gasteiger charge is 2.12. The molecule has 3 heterocycles. The smallest absolute Gasteiger partial charge is 0.220 e. The summed E-state index contributed by atoms with van der Waals surface area (Å²) in [5.41, 5.74) is 6.55. The summed E-state index contributed by atoms with van der Waals surface area (Å²) in [5.74, 6) is 1.19. The molecule has 4 rings (SSSR count). The van der Waals surface area contributed by atoms with Gasteiger partial charge in [-0.1, -0.05) is 0 Å². The maximum atomic E-state index is 5.94. The van der Waals surface area contributed by atoms with Crippen molar-refractivity contribution in [3.05, 3.63) is 34.9 Å². The van der Waals surface area contributed by atoms with Crippen LogP contribution >= 0.6 is 27.3 Å². The van der Waals surface area contributed by atoms with E-state index < -0.39 is 0 Å². The molecule has 1 aliphatic rings. The van der Waals surface area contributed by atoms with Crippen LogP contribution in [0.3, 0.4) is 0 Å². The maximum absolute atomic E-state index is 5.94. The number of anilines is 1. The Morgan fingerprint density at radius 3 is 2.92 bits per heavy atom. The number of halogens is 1. The highest BCUT2D eigenvalue weighted by Crippen LogP contribution is 2.37. The van der Waals surface area contributed by atoms with Gasteiger partial charge in [-0.3, -0.25) is 4.90 Å². The molecule has 0 amide bonds. The normalized spacial score (nSPS) is 15.1. The van der Waals surface area contributed by atoms with Crippen molar-refractivity contribution in [1.82, 2.24) is 14.9 Å². The third-order valence-electron chi connectivity index (χ3n) is 4.36. The predicted molar refractivity (Wildman–Crippen MR) is 106 cm³/mol. The SMILES string of the molecule is Nc1ncc(Br)c(-c2cc3cc(OCCN4CCCC4)ccc3s2)n1. The molecule has 7 heteroatoms. The first-order valence-electron chi connectivity index (χ1n) is 8.36. The van der Waals surface area contributed by atoms with E-state index in [1.807, 2.05) is 6.07 Å². The van der Waals surface area contributed by atoms with E-state index in [9.17, 15) is 0 Å². The molecular weight excluding hydrogens is 400 g/mol. The minimum atomic E-state index is 0.279. The lowest BCUT2D eigenvalue weighted by atomic mass is 10.2. The summed E-state index contributed by atoms with van der Waals surface area (Å²) in [7, 11) is 0. The molecule has 0 aliphatic carbocycles. The number of thiophene rings is 1. The highest BCUT2D eigenvalue weighted by atomic mass is 79.9. The quantitative estimate of drug-likeness (QED) is 0.672. The molecule has 5 nitrogen and oxygen atoms in total. The standard InChI is InChI=1S/C18H19BrN4OS/c19-14-11-21-18(20)22-17(14)16-10-12-9-13(3-4-15(12)25-16)24-8-7-23-5-1-2-6-23/h3-4,9-11H,1-2,5-8H2,(H2,20,21,22). The van der Waals surface area contributed by atoms with Crippen LogP contribution in [0.5, 0.6) is 5.75 Å². The van der Waals surface area contributed by atoms with Crippen molar-refractivity contribution in [3.8, 4) is 16.3 Å². The maximum Gasteiger partial charge on any atom is 0.220 e. The van der Waals surface area contributed by atoms with Crippen LogP contribution in [0.2, 0.25) is 0 Å². The first-order chi connectivity index (χ1) is 12.2. The second-order valence-electron chi connectivity index (χ2n) is 6.13. The number of rotatable bonds is 5. The predicted octanol–water partition coefficient (Wildman–Crippen LogP) is 4.18. The Labute approximate surface area is 159 Å². The van der Waals surface area contributed by atoms with Crippen molar-refractivity contribution in [3.63, 3.8) is 0 Å². The zero-order valence-electron chi connectivity index (χ0n) is 13.7. The number of ether oxygens (including phenoxy) is 1. The van der Waals surface area contributed by atoms with Gasteiger partial charge in [0.2, 0.25) is 5.95 Å². The fourth-order valence-electron chi connectivity index (χ4n) is 3.08. The summed E-state index contributed by atoms with van der Waals surface area (Å²) in [6.07, 6.45) is 4.31. The average Bonchev–Trinajstić information content (AvgIpc) is 3.26. The van der Waals surface area contributed by atoms with E-state index in [0.29, 0.717) is 0 Å². The van der Waals surface area contributed by atoms with E-state index >= 15 is 0 Å². The van der Waals surface area contributed by atoms with E-state index in [1.54, 1.807) is 17.5 Å². The van der Waals surface area contributed by atoms with Crippen LogP contribution in [-0.2, 0) is 0 Å². The summed E-state index contributed by atoms with van der Waals surface area (Å²) < 4.78 is 7.98. The van der Waals surface area contributed by atoms with Crippen molar-refractivity contribution < 1.29 is 4.74 Å². The summed E-state index contributed by atoms with van der Waals surface area (Å²) in [6.45, 7) is 4.14. The lowest BCUT2D eigenvalue weighted by Gasteiger charge is -2.14. The molecule has 2 aromatic heterocycles. The van der Waals surface area contributed by atoms with Gasteiger partial charge >= 0.3 is 0 Å². The van der Waals surface area contributed by atoms with Crippen LogP contribution in [-0.4, -0.2) is 41.1 Å². The van der Waals surface area contributed by atoms with Gasteiger partial charge in [0.15, 0.2) is 0 Å². The topological polar surface area (TPSA) is 64.3 Å². The van der Waals surface area contributed by atoms with Crippen molar-refractivity contribution in [2.24, 2.45) is 0 Å². The fraction of sp³-hybridized carbons (Fsp3) is 0.333. The third-order valence-corrected chi connectivity index (χ3v) is 6.06. The second kappa shape index (κ2) is 7.27. The Hall–Kier alpha value is -1.70. The summed E-state index contributed by atoms with van der Waals surface area (Å²) in [4.78, 5) is 11.9. The molecule has 0 bridgehead atoms. The van der Waals surface area contributed by atoms with Crippen LogP contribution in [0, 0.1) is 0 Å². The monoisotopic (exact) mass is 418 g/mol. The Balaban J connectivity index is 1.51. The van der Waals surface area contributed by atoms with Crippen LogP contribution in [0.25, 0.3) is 20.7 Å². The van der Waals surface area contributed by atoms with E-state index in [1.165, 1.54) is 30.6 Å². The molecule has 1 aliphatic heterocycles. The van der Waals surface area contributed by atoms with Crippen molar-refractivity contribution in [1.29, 1.82) is 0 Å². The molecule has 1 aromatic carbocycles. The number of aromatic nitrogens is 2. The molecule has 25 heavy (non-hydrogen) atoms. The molecule has 0 atom stereocenters. The van der Waals surface area contributed by atoms with Gasteiger partial charge in [-0.2, -0.15) is 0 Å². The van der Waals surface area contributed by atoms with E-state index in [0.717, 1.165) is 39.3 Å². The van der Waals surface area contributed by atoms with Crippen LogP contribution < -0.4 is 10.5 Å². The number of hydrogen-bond acceptors (Lipinski definition) is 6. The molecule has 0 spiro atoms. The minimum Gasteiger partial charge on any atom is -0.492 e. The minimum absolute atomic E-state index is 0.279. The number of likely N-dealkylation sites (tertiary alicyclic amines) is 1. The number of hydrogen-bond donors (Lipinski definition) is 1. The van der Waals surface area contributed by atoms with Gasteiger partial charge in [-0.05, 0) is 71.5 Å². The molecule has 0 radical (unpaired) electrons. The zero-order valence-corrected chi connectivity index (χ0v) is 16.1. The molecule has 130 valence electrons. The Morgan fingerprint density at radius 1 is 1.24 bits per heavy atom. The molecule has 1 saturated heterocycles. The van der Waals surface area contributed by atoms with E-state index in [-0.39, 0.29) is 5.95 Å². The molecular formula is C18H19BrN4OS. The van der Waals surface area contributed by atoms with Gasteiger partial charge in [0, 0.05) is 17.4 Å². The molecule has 0 unspecified atom stereocenters. The van der Waals surface area contributed by atoms with Crippen molar-refractivity contribution in [2.45, 2.75) is 12.8 Å². The molecule has 0 saturated carbocycles. The first-order valence-corrected chi connectivity index (χ1v) is 9.97. The zero-order chi connectivity index (χ0) is 17.2. The lowest BCUT2D eigenvalue weighted by Crippen LogP contribution is -2.25. The summed E-state index contributed by atoms with van der Waals surface area (Å²) in [6, 6.07) is 8.36. The van der Waals surface area contributed by atoms with Crippen molar-refractivity contribution >= 4 is 43.3 Å². The van der Waals surface area contributed by atoms with Crippen LogP contribution in [0.15, 0.2) is 34.9 Å². The summed E-state index contributed by atoms with van der Waals surface area (Å²) in [5, 5.41) is 1.16. The van der Waals surface area contributed by atoms with Crippen molar-refractivity contribution in [2.75, 3.05) is 32.0 Å². The number of nitrogen functional groups attached to an aromatic ring is 1. The number of fused-ring (bicyclic) bond motifs is 1. The van der Waals surface area contributed by atoms with Gasteiger partial charge in [0.1, 0.15) is 12.4 Å². The van der Waals surface area contributed by atoms with Gasteiger partial charge in [-0.25, -0.2) is 9.97 Å². The fourth-order valence-corrected chi connectivity index (χ4v) is 4.66. The number of nitrogens with two attached hydrogens (primary N) is 1. The molecule has 2 N–H and O–H groups in total. The number of benzene rings is 1. The average molecular weight is 419 g/mol. The van der Waals surface area contributed by atoms with Gasteiger partial charge in [-0.15, -0.1) is 11.3 Å². The van der Waals surface area contributed by atoms with E-state index in [2.05, 4.69) is 49.0 Å². The summed E-state index contributed by atoms with van der Waals surface area (Å²) >= 11 is 5.19. The molecule has 3 aromatic rings. The van der Waals surface area contributed by atoms with Crippen LogP contribution in [0.4, 0.5) is 5.95 Å². The third kappa shape index (κ3) is 3.78. The second-order valence-corrected chi connectivity index (χ2v) is 8.07. The van der Waals surface area contributed by atoms with Gasteiger partial charge in [0.05, 0.1) is 15.0 Å². The van der Waals surface area contributed by atoms with E-state index in [4.69, 9.17) is 10.5 Å². The number of nitrogens with zero attached hydrogens (tertiary/aromatic N) is 3. The van der Waals surface area contributed by atoms with Gasteiger partial charge in [0.25, 0.3) is 0 Å². The highest BCUT2D eigenvalue weighted by molar-refractivity contribution is 9.10. The largest absolute Gasteiger partial charge is 0.492 e. The van der Waals surface area contributed by atoms with Crippen LogP contribution in [0.1, 0.15) is 12.8 Å².